The van der Waals surface area contributed by atoms with Crippen LogP contribution in [0.2, 0.25) is 0 Å². The first-order chi connectivity index (χ1) is 12.5. The van der Waals surface area contributed by atoms with Gasteiger partial charge in [0, 0.05) is 18.7 Å². The van der Waals surface area contributed by atoms with Gasteiger partial charge < -0.3 is 15.0 Å². The van der Waals surface area contributed by atoms with Gasteiger partial charge in [-0.2, -0.15) is 0 Å². The summed E-state index contributed by atoms with van der Waals surface area (Å²) in [6.07, 6.45) is 0.328. The summed E-state index contributed by atoms with van der Waals surface area (Å²) in [4.78, 5) is 26.7. The topological polar surface area (TPSA) is 58.6 Å². The van der Waals surface area contributed by atoms with E-state index in [0.29, 0.717) is 18.7 Å². The normalized spacial score (nSPS) is 16.0. The van der Waals surface area contributed by atoms with Crippen molar-refractivity contribution < 1.29 is 14.3 Å². The highest BCUT2D eigenvalue weighted by Gasteiger charge is 2.33. The summed E-state index contributed by atoms with van der Waals surface area (Å²) in [6.45, 7) is 6.23. The van der Waals surface area contributed by atoms with E-state index in [2.05, 4.69) is 5.32 Å². The van der Waals surface area contributed by atoms with Crippen LogP contribution in [-0.4, -0.2) is 24.5 Å². The summed E-state index contributed by atoms with van der Waals surface area (Å²) in [5, 5.41) is 2.93. The number of aryl methyl sites for hydroxylation is 2. The first-order valence-corrected chi connectivity index (χ1v) is 8.93. The maximum Gasteiger partial charge on any atom is 0.268 e. The van der Waals surface area contributed by atoms with Gasteiger partial charge >= 0.3 is 0 Å². The molecule has 2 aromatic rings. The van der Waals surface area contributed by atoms with Crippen LogP contribution in [0.25, 0.3) is 0 Å². The fourth-order valence-corrected chi connectivity index (χ4v) is 3.14. The Labute approximate surface area is 154 Å². The Balaban J connectivity index is 1.70. The Kier molecular flexibility index (Phi) is 5.26. The summed E-state index contributed by atoms with van der Waals surface area (Å²) in [6, 6.07) is 13.4. The van der Waals surface area contributed by atoms with Crippen LogP contribution in [0.1, 0.15) is 30.9 Å². The molecular formula is C21H24N2O3. The van der Waals surface area contributed by atoms with Crippen molar-refractivity contribution in [3.8, 4) is 5.75 Å². The Hall–Kier alpha value is -2.82. The smallest absolute Gasteiger partial charge is 0.268 e. The number of ether oxygens (including phenoxy) is 1. The number of hydrogen-bond donors (Lipinski definition) is 1. The quantitative estimate of drug-likeness (QED) is 0.889. The van der Waals surface area contributed by atoms with Gasteiger partial charge in [-0.15, -0.1) is 0 Å². The Morgan fingerprint density at radius 1 is 1.19 bits per heavy atom. The number of para-hydroxylation sites is 2. The van der Waals surface area contributed by atoms with E-state index in [9.17, 15) is 9.59 Å². The highest BCUT2D eigenvalue weighted by Crippen LogP contribution is 2.34. The van der Waals surface area contributed by atoms with Crippen LogP contribution >= 0.6 is 0 Å². The molecule has 1 aliphatic rings. The third-order valence-corrected chi connectivity index (χ3v) is 4.56. The number of hydrogen-bond acceptors (Lipinski definition) is 3. The Morgan fingerprint density at radius 3 is 2.69 bits per heavy atom. The zero-order chi connectivity index (χ0) is 18.7. The van der Waals surface area contributed by atoms with Gasteiger partial charge in [0.15, 0.2) is 6.10 Å². The molecule has 0 aliphatic carbocycles. The summed E-state index contributed by atoms with van der Waals surface area (Å²) < 4.78 is 5.76. The predicted octanol–water partition coefficient (Wildman–Crippen LogP) is 3.84. The minimum atomic E-state index is -0.493. The number of amides is 2. The average molecular weight is 352 g/mol. The van der Waals surface area contributed by atoms with Crippen molar-refractivity contribution in [2.75, 3.05) is 16.8 Å². The zero-order valence-electron chi connectivity index (χ0n) is 15.4. The van der Waals surface area contributed by atoms with E-state index < -0.39 is 6.10 Å². The fraction of sp³-hybridized carbons (Fsp3) is 0.333. The van der Waals surface area contributed by atoms with Crippen LogP contribution < -0.4 is 15.0 Å². The van der Waals surface area contributed by atoms with E-state index in [1.54, 1.807) is 4.90 Å². The Morgan fingerprint density at radius 2 is 1.96 bits per heavy atom. The van der Waals surface area contributed by atoms with Crippen LogP contribution in [-0.2, 0) is 9.59 Å². The molecule has 1 unspecified atom stereocenters. The second-order valence-corrected chi connectivity index (χ2v) is 6.59. The molecular weight excluding hydrogens is 328 g/mol. The van der Waals surface area contributed by atoms with Crippen molar-refractivity contribution in [2.45, 2.75) is 39.7 Å². The highest BCUT2D eigenvalue weighted by molar-refractivity contribution is 6.01. The second kappa shape index (κ2) is 7.60. The largest absolute Gasteiger partial charge is 0.478 e. The van der Waals surface area contributed by atoms with Gasteiger partial charge in [-0.3, -0.25) is 9.59 Å². The van der Waals surface area contributed by atoms with Crippen molar-refractivity contribution >= 4 is 23.2 Å². The summed E-state index contributed by atoms with van der Waals surface area (Å²) >= 11 is 0. The lowest BCUT2D eigenvalue weighted by atomic mass is 10.1. The molecule has 0 saturated carbocycles. The van der Waals surface area contributed by atoms with Gasteiger partial charge in [0.1, 0.15) is 5.75 Å². The van der Waals surface area contributed by atoms with Crippen molar-refractivity contribution in [3.63, 3.8) is 0 Å². The SMILES string of the molecule is CCC1Oc2ccccc2N(CCC(=O)Nc2ccc(C)cc2C)C1=O. The summed E-state index contributed by atoms with van der Waals surface area (Å²) in [7, 11) is 0. The second-order valence-electron chi connectivity index (χ2n) is 6.59. The molecule has 3 rings (SSSR count). The van der Waals surface area contributed by atoms with E-state index in [1.165, 1.54) is 0 Å². The van der Waals surface area contributed by atoms with Gasteiger partial charge in [0.2, 0.25) is 5.91 Å². The monoisotopic (exact) mass is 352 g/mol. The average Bonchev–Trinajstić information content (AvgIpc) is 2.63. The van der Waals surface area contributed by atoms with Gasteiger partial charge in [0.05, 0.1) is 5.69 Å². The number of fused-ring (bicyclic) bond motifs is 1. The minimum Gasteiger partial charge on any atom is -0.478 e. The van der Waals surface area contributed by atoms with E-state index in [4.69, 9.17) is 4.74 Å². The minimum absolute atomic E-state index is 0.0921. The lowest BCUT2D eigenvalue weighted by molar-refractivity contribution is -0.126. The number of carbonyl (C=O) groups excluding carboxylic acids is 2. The molecule has 136 valence electrons. The van der Waals surface area contributed by atoms with Crippen LogP contribution in [0.4, 0.5) is 11.4 Å². The van der Waals surface area contributed by atoms with E-state index in [1.807, 2.05) is 63.2 Å². The molecule has 2 amide bonds. The van der Waals surface area contributed by atoms with Crippen molar-refractivity contribution in [1.29, 1.82) is 0 Å². The van der Waals surface area contributed by atoms with Crippen LogP contribution in [0.3, 0.4) is 0 Å². The number of nitrogens with one attached hydrogen (secondary N) is 1. The van der Waals surface area contributed by atoms with Gasteiger partial charge in [0.25, 0.3) is 5.91 Å². The summed E-state index contributed by atoms with van der Waals surface area (Å²) in [5.41, 5.74) is 3.71. The molecule has 2 aromatic carbocycles. The van der Waals surface area contributed by atoms with E-state index in [0.717, 1.165) is 22.5 Å². The van der Waals surface area contributed by atoms with Crippen LogP contribution in [0.5, 0.6) is 5.75 Å². The number of anilines is 2. The highest BCUT2D eigenvalue weighted by atomic mass is 16.5. The zero-order valence-corrected chi connectivity index (χ0v) is 15.4. The third-order valence-electron chi connectivity index (χ3n) is 4.56. The first-order valence-electron chi connectivity index (χ1n) is 8.93. The lowest BCUT2D eigenvalue weighted by Crippen LogP contribution is -2.46. The maximum absolute atomic E-state index is 12.7. The van der Waals surface area contributed by atoms with E-state index in [-0.39, 0.29) is 18.2 Å². The molecule has 5 heteroatoms. The van der Waals surface area contributed by atoms with Crippen LogP contribution in [0.15, 0.2) is 42.5 Å². The standard InChI is InChI=1S/C21H24N2O3/c1-4-18-21(25)23(17-7-5-6-8-19(17)26-18)12-11-20(24)22-16-10-9-14(2)13-15(16)3/h5-10,13,18H,4,11-12H2,1-3H3,(H,22,24). The maximum atomic E-state index is 12.7. The number of rotatable bonds is 5. The summed E-state index contributed by atoms with van der Waals surface area (Å²) in [5.74, 6) is 0.487. The van der Waals surface area contributed by atoms with Crippen LogP contribution in [0, 0.1) is 13.8 Å². The molecule has 0 fully saturated rings. The van der Waals surface area contributed by atoms with Gasteiger partial charge in [-0.1, -0.05) is 36.8 Å². The lowest BCUT2D eigenvalue weighted by Gasteiger charge is -2.34. The van der Waals surface area contributed by atoms with E-state index >= 15 is 0 Å². The molecule has 0 bridgehead atoms. The third kappa shape index (κ3) is 3.72. The predicted molar refractivity (Wildman–Crippen MR) is 103 cm³/mol. The molecule has 26 heavy (non-hydrogen) atoms. The molecule has 1 N–H and O–H groups in total. The van der Waals surface area contributed by atoms with Crippen molar-refractivity contribution in [2.24, 2.45) is 0 Å². The molecule has 0 saturated heterocycles. The van der Waals surface area contributed by atoms with Gasteiger partial charge in [-0.25, -0.2) is 0 Å². The Bertz CT molecular complexity index is 832. The van der Waals surface area contributed by atoms with Crippen molar-refractivity contribution in [1.82, 2.24) is 0 Å². The molecule has 0 spiro atoms. The van der Waals surface area contributed by atoms with Gasteiger partial charge in [-0.05, 0) is 44.0 Å². The van der Waals surface area contributed by atoms with Crippen molar-refractivity contribution in [3.05, 3.63) is 53.6 Å². The first kappa shape index (κ1) is 18.0. The molecule has 0 radical (unpaired) electrons. The molecule has 5 nitrogen and oxygen atoms in total. The molecule has 1 heterocycles. The number of carbonyl (C=O) groups is 2. The fourth-order valence-electron chi connectivity index (χ4n) is 3.14. The number of benzene rings is 2. The molecule has 0 aromatic heterocycles. The molecule has 1 aliphatic heterocycles. The molecule has 1 atom stereocenters. The number of nitrogens with zero attached hydrogens (tertiary/aromatic N) is 1.